The standard InChI is InChI=1S/C20H23N3O5S/c1-2-12-28-17-8-6-15(7-9-17)20(25)22-16-4-3-5-18(13-16)29(26,27)23-11-10-21-19(24)14-23/h3-9,13H,2,10-12,14H2,1H3,(H,21,24)(H,22,25). The van der Waals surface area contributed by atoms with Gasteiger partial charge < -0.3 is 15.4 Å². The number of sulfonamides is 1. The number of anilines is 1. The number of ether oxygens (including phenoxy) is 1. The van der Waals surface area contributed by atoms with Crippen LogP contribution in [-0.4, -0.2) is 50.8 Å². The van der Waals surface area contributed by atoms with Crippen LogP contribution < -0.4 is 15.4 Å². The molecule has 8 nitrogen and oxygen atoms in total. The van der Waals surface area contributed by atoms with Crippen LogP contribution in [0.25, 0.3) is 0 Å². The molecule has 1 saturated heterocycles. The van der Waals surface area contributed by atoms with Crippen LogP contribution in [0.4, 0.5) is 5.69 Å². The number of carbonyl (C=O) groups excluding carboxylic acids is 2. The van der Waals surface area contributed by atoms with E-state index < -0.39 is 10.0 Å². The predicted molar refractivity (Wildman–Crippen MR) is 108 cm³/mol. The topological polar surface area (TPSA) is 105 Å². The average Bonchev–Trinajstić information content (AvgIpc) is 2.73. The monoisotopic (exact) mass is 417 g/mol. The van der Waals surface area contributed by atoms with Gasteiger partial charge in [-0.25, -0.2) is 8.42 Å². The molecule has 3 rings (SSSR count). The molecule has 0 aromatic heterocycles. The summed E-state index contributed by atoms with van der Waals surface area (Å²) in [6.07, 6.45) is 0.892. The van der Waals surface area contributed by atoms with Crippen molar-refractivity contribution < 1.29 is 22.7 Å². The molecular weight excluding hydrogens is 394 g/mol. The zero-order chi connectivity index (χ0) is 20.9. The van der Waals surface area contributed by atoms with Gasteiger partial charge in [-0.3, -0.25) is 9.59 Å². The van der Waals surface area contributed by atoms with E-state index in [4.69, 9.17) is 4.74 Å². The van der Waals surface area contributed by atoms with Crippen molar-refractivity contribution in [3.8, 4) is 5.75 Å². The number of carbonyl (C=O) groups is 2. The Kier molecular flexibility index (Phi) is 6.50. The molecule has 1 fully saturated rings. The van der Waals surface area contributed by atoms with Crippen molar-refractivity contribution in [1.29, 1.82) is 0 Å². The molecule has 1 aliphatic heterocycles. The molecule has 154 valence electrons. The molecule has 0 aliphatic carbocycles. The van der Waals surface area contributed by atoms with Gasteiger partial charge in [0.25, 0.3) is 5.91 Å². The van der Waals surface area contributed by atoms with E-state index in [-0.39, 0.29) is 36.3 Å². The number of hydrogen-bond acceptors (Lipinski definition) is 5. The quantitative estimate of drug-likeness (QED) is 0.715. The number of nitrogens with zero attached hydrogens (tertiary/aromatic N) is 1. The second kappa shape index (κ2) is 9.06. The Balaban J connectivity index is 1.72. The van der Waals surface area contributed by atoms with E-state index in [1.165, 1.54) is 12.1 Å². The van der Waals surface area contributed by atoms with Gasteiger partial charge in [0.15, 0.2) is 0 Å². The van der Waals surface area contributed by atoms with Crippen LogP contribution in [-0.2, 0) is 14.8 Å². The van der Waals surface area contributed by atoms with E-state index in [0.717, 1.165) is 10.7 Å². The van der Waals surface area contributed by atoms with Crippen LogP contribution in [0.5, 0.6) is 5.75 Å². The molecule has 2 amide bonds. The predicted octanol–water partition coefficient (Wildman–Crippen LogP) is 1.85. The summed E-state index contributed by atoms with van der Waals surface area (Å²) in [6, 6.07) is 12.7. The van der Waals surface area contributed by atoms with Gasteiger partial charge in [-0.15, -0.1) is 0 Å². The first-order valence-corrected chi connectivity index (χ1v) is 10.8. The lowest BCUT2D eigenvalue weighted by molar-refractivity contribution is -0.122. The zero-order valence-corrected chi connectivity index (χ0v) is 16.9. The van der Waals surface area contributed by atoms with Crippen LogP contribution >= 0.6 is 0 Å². The highest BCUT2D eigenvalue weighted by molar-refractivity contribution is 7.89. The molecule has 0 radical (unpaired) electrons. The SMILES string of the molecule is CCCOc1ccc(C(=O)Nc2cccc(S(=O)(=O)N3CCNC(=O)C3)c2)cc1. The molecule has 0 atom stereocenters. The summed E-state index contributed by atoms with van der Waals surface area (Å²) in [6.45, 7) is 2.87. The minimum atomic E-state index is -3.83. The highest BCUT2D eigenvalue weighted by Gasteiger charge is 2.29. The van der Waals surface area contributed by atoms with Gasteiger partial charge in [-0.05, 0) is 48.9 Å². The summed E-state index contributed by atoms with van der Waals surface area (Å²) < 4.78 is 32.2. The first-order chi connectivity index (χ1) is 13.9. The third kappa shape index (κ3) is 5.12. The van der Waals surface area contributed by atoms with Gasteiger partial charge in [-0.2, -0.15) is 4.31 Å². The number of amides is 2. The smallest absolute Gasteiger partial charge is 0.255 e. The summed E-state index contributed by atoms with van der Waals surface area (Å²) in [4.78, 5) is 24.0. The Morgan fingerprint density at radius 3 is 2.66 bits per heavy atom. The van der Waals surface area contributed by atoms with Gasteiger partial charge in [-0.1, -0.05) is 13.0 Å². The van der Waals surface area contributed by atoms with Crippen molar-refractivity contribution in [3.05, 3.63) is 54.1 Å². The van der Waals surface area contributed by atoms with E-state index in [0.29, 0.717) is 23.6 Å². The molecule has 1 aliphatic rings. The normalized spacial score (nSPS) is 14.9. The summed E-state index contributed by atoms with van der Waals surface area (Å²) in [7, 11) is -3.83. The van der Waals surface area contributed by atoms with E-state index in [1.807, 2.05) is 6.92 Å². The Hall–Kier alpha value is -2.91. The molecular formula is C20H23N3O5S. The van der Waals surface area contributed by atoms with Crippen molar-refractivity contribution in [2.75, 3.05) is 31.6 Å². The van der Waals surface area contributed by atoms with Gasteiger partial charge in [0.2, 0.25) is 15.9 Å². The molecule has 9 heteroatoms. The molecule has 0 spiro atoms. The first-order valence-electron chi connectivity index (χ1n) is 9.31. The van der Waals surface area contributed by atoms with E-state index in [1.54, 1.807) is 36.4 Å². The second-order valence-electron chi connectivity index (χ2n) is 6.54. The van der Waals surface area contributed by atoms with Gasteiger partial charge >= 0.3 is 0 Å². The average molecular weight is 417 g/mol. The molecule has 0 unspecified atom stereocenters. The van der Waals surface area contributed by atoms with Crippen molar-refractivity contribution in [2.45, 2.75) is 18.2 Å². The van der Waals surface area contributed by atoms with E-state index in [9.17, 15) is 18.0 Å². The van der Waals surface area contributed by atoms with Crippen molar-refractivity contribution in [3.63, 3.8) is 0 Å². The molecule has 0 bridgehead atoms. The maximum Gasteiger partial charge on any atom is 0.255 e. The van der Waals surface area contributed by atoms with Crippen molar-refractivity contribution in [1.82, 2.24) is 9.62 Å². The fraction of sp³-hybridized carbons (Fsp3) is 0.300. The summed E-state index contributed by atoms with van der Waals surface area (Å²) in [5.74, 6) is -0.0170. The lowest BCUT2D eigenvalue weighted by atomic mass is 10.2. The molecule has 2 aromatic rings. The summed E-state index contributed by atoms with van der Waals surface area (Å²) in [5.41, 5.74) is 0.777. The van der Waals surface area contributed by atoms with E-state index in [2.05, 4.69) is 10.6 Å². The highest BCUT2D eigenvalue weighted by atomic mass is 32.2. The number of hydrogen-bond donors (Lipinski definition) is 2. The fourth-order valence-electron chi connectivity index (χ4n) is 2.83. The highest BCUT2D eigenvalue weighted by Crippen LogP contribution is 2.21. The lowest BCUT2D eigenvalue weighted by Crippen LogP contribution is -2.49. The van der Waals surface area contributed by atoms with Crippen molar-refractivity contribution >= 4 is 27.5 Å². The van der Waals surface area contributed by atoms with Crippen LogP contribution in [0.2, 0.25) is 0 Å². The molecule has 2 aromatic carbocycles. The second-order valence-corrected chi connectivity index (χ2v) is 8.48. The third-order valence-electron chi connectivity index (χ3n) is 4.32. The van der Waals surface area contributed by atoms with Crippen LogP contribution in [0.1, 0.15) is 23.7 Å². The minimum Gasteiger partial charge on any atom is -0.494 e. The zero-order valence-electron chi connectivity index (χ0n) is 16.1. The number of rotatable bonds is 7. The lowest BCUT2D eigenvalue weighted by Gasteiger charge is -2.26. The molecule has 0 saturated carbocycles. The summed E-state index contributed by atoms with van der Waals surface area (Å²) >= 11 is 0. The van der Waals surface area contributed by atoms with Gasteiger partial charge in [0, 0.05) is 24.3 Å². The Morgan fingerprint density at radius 2 is 1.97 bits per heavy atom. The maximum absolute atomic E-state index is 12.8. The molecule has 29 heavy (non-hydrogen) atoms. The number of piperazine rings is 1. The Morgan fingerprint density at radius 1 is 1.21 bits per heavy atom. The van der Waals surface area contributed by atoms with Gasteiger partial charge in [0.05, 0.1) is 18.0 Å². The maximum atomic E-state index is 12.8. The molecule has 1 heterocycles. The van der Waals surface area contributed by atoms with Gasteiger partial charge in [0.1, 0.15) is 5.75 Å². The fourth-order valence-corrected chi connectivity index (χ4v) is 4.27. The number of nitrogens with one attached hydrogen (secondary N) is 2. The van der Waals surface area contributed by atoms with Crippen LogP contribution in [0.15, 0.2) is 53.4 Å². The Labute approximate surface area is 169 Å². The van der Waals surface area contributed by atoms with E-state index >= 15 is 0 Å². The third-order valence-corrected chi connectivity index (χ3v) is 6.16. The van der Waals surface area contributed by atoms with Crippen molar-refractivity contribution in [2.24, 2.45) is 0 Å². The van der Waals surface area contributed by atoms with Crippen LogP contribution in [0.3, 0.4) is 0 Å². The molecule has 2 N–H and O–H groups in total. The minimum absolute atomic E-state index is 0.0216. The first kappa shape index (κ1) is 20.8. The Bertz CT molecular complexity index is 989. The largest absolute Gasteiger partial charge is 0.494 e. The van der Waals surface area contributed by atoms with Crippen LogP contribution in [0, 0.1) is 0 Å². The summed E-state index contributed by atoms with van der Waals surface area (Å²) in [5, 5.41) is 5.30. The number of benzene rings is 2.